The predicted molar refractivity (Wildman–Crippen MR) is 75.1 cm³/mol. The Hall–Kier alpha value is -1.80. The Morgan fingerprint density at radius 2 is 2.30 bits per heavy atom. The molecule has 2 aromatic rings. The number of tetrazole rings is 1. The van der Waals surface area contributed by atoms with Crippen molar-refractivity contribution >= 4 is 17.2 Å². The van der Waals surface area contributed by atoms with Crippen molar-refractivity contribution in [1.29, 1.82) is 0 Å². The minimum Gasteiger partial charge on any atom is -0.394 e. The van der Waals surface area contributed by atoms with Crippen LogP contribution in [0.1, 0.15) is 13.8 Å². The molecule has 0 fully saturated rings. The van der Waals surface area contributed by atoms with Crippen LogP contribution in [0.5, 0.6) is 0 Å². The fourth-order valence-corrected chi connectivity index (χ4v) is 2.12. The largest absolute Gasteiger partial charge is 0.394 e. The third-order valence-corrected chi connectivity index (χ3v) is 3.86. The lowest BCUT2D eigenvalue weighted by atomic mass is 10.1. The smallest absolute Gasteiger partial charge is 0.246 e. The highest BCUT2D eigenvalue weighted by Gasteiger charge is 2.27. The van der Waals surface area contributed by atoms with Gasteiger partial charge in [-0.3, -0.25) is 4.79 Å². The van der Waals surface area contributed by atoms with Crippen LogP contribution in [-0.4, -0.2) is 55.3 Å². The molecule has 1 amide bonds. The zero-order valence-corrected chi connectivity index (χ0v) is 12.5. The van der Waals surface area contributed by atoms with Crippen LogP contribution >= 0.6 is 11.3 Å². The van der Waals surface area contributed by atoms with Crippen LogP contribution in [0.25, 0.3) is 11.4 Å². The molecular weight excluding hydrogens is 278 g/mol. The maximum Gasteiger partial charge on any atom is 0.246 e. The fraction of sp³-hybridized carbons (Fsp3) is 0.500. The fourth-order valence-electron chi connectivity index (χ4n) is 1.49. The van der Waals surface area contributed by atoms with Crippen molar-refractivity contribution in [2.75, 3.05) is 13.7 Å². The molecule has 0 aliphatic heterocycles. The van der Waals surface area contributed by atoms with Crippen LogP contribution in [0.4, 0.5) is 0 Å². The van der Waals surface area contributed by atoms with Crippen molar-refractivity contribution in [1.82, 2.24) is 25.1 Å². The maximum atomic E-state index is 12.1. The Morgan fingerprint density at radius 3 is 2.90 bits per heavy atom. The van der Waals surface area contributed by atoms with Crippen LogP contribution in [0.15, 0.2) is 16.8 Å². The van der Waals surface area contributed by atoms with E-state index >= 15 is 0 Å². The second-order valence-corrected chi connectivity index (χ2v) is 5.86. The summed E-state index contributed by atoms with van der Waals surface area (Å²) in [5, 5.41) is 25.1. The lowest BCUT2D eigenvalue weighted by Crippen LogP contribution is -2.48. The summed E-state index contributed by atoms with van der Waals surface area (Å²) < 4.78 is 0. The van der Waals surface area contributed by atoms with E-state index in [1.54, 1.807) is 32.2 Å². The van der Waals surface area contributed by atoms with E-state index in [0.29, 0.717) is 5.82 Å². The van der Waals surface area contributed by atoms with Crippen molar-refractivity contribution in [2.45, 2.75) is 25.9 Å². The third-order valence-electron chi connectivity index (χ3n) is 3.18. The summed E-state index contributed by atoms with van der Waals surface area (Å²) in [5.41, 5.74) is 0.270. The first-order valence-corrected chi connectivity index (χ1v) is 7.06. The van der Waals surface area contributed by atoms with Crippen molar-refractivity contribution < 1.29 is 9.90 Å². The monoisotopic (exact) mass is 295 g/mol. The number of hydrogen-bond donors (Lipinski definition) is 1. The minimum atomic E-state index is -0.617. The third kappa shape index (κ3) is 3.02. The van der Waals surface area contributed by atoms with Gasteiger partial charge < -0.3 is 10.0 Å². The number of aromatic nitrogens is 4. The van der Waals surface area contributed by atoms with Gasteiger partial charge in [-0.15, -0.1) is 10.2 Å². The number of hydrogen-bond acceptors (Lipinski definition) is 6. The lowest BCUT2D eigenvalue weighted by molar-refractivity contribution is -0.137. The molecule has 1 N–H and O–H groups in total. The quantitative estimate of drug-likeness (QED) is 0.874. The van der Waals surface area contributed by atoms with Gasteiger partial charge in [0, 0.05) is 18.0 Å². The first kappa shape index (κ1) is 14.6. The summed E-state index contributed by atoms with van der Waals surface area (Å²) >= 11 is 1.55. The van der Waals surface area contributed by atoms with E-state index in [1.807, 2.05) is 16.8 Å². The number of carbonyl (C=O) groups is 1. The number of thiophene rings is 1. The number of amides is 1. The van der Waals surface area contributed by atoms with E-state index < -0.39 is 5.54 Å². The normalized spacial score (nSPS) is 11.6. The number of rotatable bonds is 5. The number of nitrogens with zero attached hydrogens (tertiary/aromatic N) is 5. The van der Waals surface area contributed by atoms with Crippen LogP contribution < -0.4 is 0 Å². The summed E-state index contributed by atoms with van der Waals surface area (Å²) in [5.74, 6) is 0.321. The Labute approximate surface area is 120 Å². The highest BCUT2D eigenvalue weighted by Crippen LogP contribution is 2.17. The molecule has 0 atom stereocenters. The molecule has 0 aliphatic carbocycles. The van der Waals surface area contributed by atoms with Crippen molar-refractivity contribution in [2.24, 2.45) is 0 Å². The number of aliphatic hydroxyl groups is 1. The van der Waals surface area contributed by atoms with Gasteiger partial charge in [0.15, 0.2) is 0 Å². The molecule has 0 saturated heterocycles. The zero-order chi connectivity index (χ0) is 14.8. The number of carbonyl (C=O) groups excluding carboxylic acids is 1. The molecule has 108 valence electrons. The molecule has 0 radical (unpaired) electrons. The van der Waals surface area contributed by atoms with E-state index in [4.69, 9.17) is 0 Å². The molecule has 8 heteroatoms. The van der Waals surface area contributed by atoms with E-state index in [-0.39, 0.29) is 19.1 Å². The van der Waals surface area contributed by atoms with Crippen LogP contribution in [-0.2, 0) is 11.3 Å². The molecule has 2 heterocycles. The Balaban J connectivity index is 2.06. The number of aliphatic hydroxyl groups excluding tert-OH is 1. The average Bonchev–Trinajstić information content (AvgIpc) is 3.07. The van der Waals surface area contributed by atoms with Gasteiger partial charge in [0.1, 0.15) is 6.54 Å². The predicted octanol–water partition coefficient (Wildman–Crippen LogP) is 0.631. The number of likely N-dealkylation sites (N-methyl/N-ethyl adjacent to an activating group) is 1. The van der Waals surface area contributed by atoms with Gasteiger partial charge in [0.05, 0.1) is 12.1 Å². The lowest BCUT2D eigenvalue weighted by Gasteiger charge is -2.33. The van der Waals surface area contributed by atoms with Crippen molar-refractivity contribution in [3.05, 3.63) is 16.8 Å². The molecule has 0 saturated carbocycles. The van der Waals surface area contributed by atoms with Crippen LogP contribution in [0.2, 0.25) is 0 Å². The summed E-state index contributed by atoms with van der Waals surface area (Å²) in [4.78, 5) is 14.9. The first-order chi connectivity index (χ1) is 9.44. The zero-order valence-electron chi connectivity index (χ0n) is 11.6. The summed E-state index contributed by atoms with van der Waals surface area (Å²) in [6.45, 7) is 3.46. The van der Waals surface area contributed by atoms with Gasteiger partial charge in [0.25, 0.3) is 0 Å². The van der Waals surface area contributed by atoms with Gasteiger partial charge in [-0.05, 0) is 30.5 Å². The molecule has 2 rings (SSSR count). The van der Waals surface area contributed by atoms with E-state index in [9.17, 15) is 9.90 Å². The van der Waals surface area contributed by atoms with Gasteiger partial charge in [0.2, 0.25) is 11.7 Å². The van der Waals surface area contributed by atoms with Crippen LogP contribution in [0.3, 0.4) is 0 Å². The van der Waals surface area contributed by atoms with Gasteiger partial charge >= 0.3 is 0 Å². The topological polar surface area (TPSA) is 84.1 Å². The summed E-state index contributed by atoms with van der Waals surface area (Å²) in [6, 6.07) is 1.90. The molecule has 0 bridgehead atoms. The average molecular weight is 295 g/mol. The highest BCUT2D eigenvalue weighted by molar-refractivity contribution is 7.08. The van der Waals surface area contributed by atoms with Gasteiger partial charge in [-0.1, -0.05) is 0 Å². The molecular formula is C12H17N5O2S. The molecule has 0 aromatic carbocycles. The summed E-state index contributed by atoms with van der Waals surface area (Å²) in [7, 11) is 1.65. The maximum absolute atomic E-state index is 12.1. The first-order valence-electron chi connectivity index (χ1n) is 6.12. The summed E-state index contributed by atoms with van der Waals surface area (Å²) in [6.07, 6.45) is 0. The Kier molecular flexibility index (Phi) is 4.15. The van der Waals surface area contributed by atoms with Gasteiger partial charge in [-0.25, -0.2) is 0 Å². The molecule has 7 nitrogen and oxygen atoms in total. The standard InChI is InChI=1S/C12H17N5O2S/c1-12(2,8-18)16(3)10(19)6-17-14-11(13-15-17)9-4-5-20-7-9/h4-5,7,18H,6,8H2,1-3H3. The molecule has 0 spiro atoms. The molecule has 2 aromatic heterocycles. The Bertz CT molecular complexity index is 578. The van der Waals surface area contributed by atoms with E-state index in [1.165, 1.54) is 9.70 Å². The Morgan fingerprint density at radius 1 is 1.55 bits per heavy atom. The SMILES string of the molecule is CN(C(=O)Cn1nnc(-c2ccsc2)n1)C(C)(C)CO. The van der Waals surface area contributed by atoms with Gasteiger partial charge in [-0.2, -0.15) is 16.1 Å². The van der Waals surface area contributed by atoms with Crippen molar-refractivity contribution in [3.8, 4) is 11.4 Å². The van der Waals surface area contributed by atoms with Crippen molar-refractivity contribution in [3.63, 3.8) is 0 Å². The highest BCUT2D eigenvalue weighted by atomic mass is 32.1. The second-order valence-electron chi connectivity index (χ2n) is 5.08. The molecule has 0 unspecified atom stereocenters. The van der Waals surface area contributed by atoms with E-state index in [2.05, 4.69) is 15.4 Å². The minimum absolute atomic E-state index is 0.00291. The second kappa shape index (κ2) is 5.68. The van der Waals surface area contributed by atoms with Crippen LogP contribution in [0, 0.1) is 0 Å². The molecule has 0 aliphatic rings. The van der Waals surface area contributed by atoms with E-state index in [0.717, 1.165) is 5.56 Å². The molecule has 20 heavy (non-hydrogen) atoms.